The molecule has 0 aliphatic heterocycles. The molecular weight excluding hydrogens is 446 g/mol. The standard InChI is InChI=1S/C24H16ClF4NO2/c25-15-10-13-4-2-6-18(26)19(13)17(11-15)22-21(31)20(23(32-22)30-16-7-8-16)12-3-1-5-14(9-12)24(27,28)29/h1-6,9-11,16,30-31H,7-8H2. The molecule has 0 unspecified atom stereocenters. The van der Waals surface area contributed by atoms with E-state index >= 15 is 0 Å². The monoisotopic (exact) mass is 461 g/mol. The van der Waals surface area contributed by atoms with Gasteiger partial charge in [0.05, 0.1) is 11.1 Å². The van der Waals surface area contributed by atoms with Gasteiger partial charge in [0, 0.05) is 22.0 Å². The van der Waals surface area contributed by atoms with Gasteiger partial charge in [-0.15, -0.1) is 0 Å². The number of benzene rings is 3. The van der Waals surface area contributed by atoms with E-state index < -0.39 is 17.6 Å². The van der Waals surface area contributed by atoms with E-state index in [1.165, 1.54) is 30.3 Å². The number of hydrogen-bond acceptors (Lipinski definition) is 3. The maximum Gasteiger partial charge on any atom is 0.416 e. The molecule has 5 rings (SSSR count). The van der Waals surface area contributed by atoms with Crippen LogP contribution in [0.2, 0.25) is 5.02 Å². The molecule has 1 aliphatic rings. The largest absolute Gasteiger partial charge is 0.504 e. The van der Waals surface area contributed by atoms with E-state index in [-0.39, 0.29) is 45.5 Å². The molecule has 1 aromatic heterocycles. The Labute approximate surface area is 185 Å². The normalized spacial score (nSPS) is 14.2. The first-order chi connectivity index (χ1) is 15.2. The fraction of sp³-hybridized carbons (Fsp3) is 0.167. The first-order valence-electron chi connectivity index (χ1n) is 9.90. The molecule has 0 spiro atoms. The lowest BCUT2D eigenvalue weighted by atomic mass is 9.99. The molecule has 3 nitrogen and oxygen atoms in total. The van der Waals surface area contributed by atoms with Crippen molar-refractivity contribution in [2.24, 2.45) is 0 Å². The van der Waals surface area contributed by atoms with Crippen molar-refractivity contribution in [2.75, 3.05) is 5.32 Å². The van der Waals surface area contributed by atoms with Gasteiger partial charge in [-0.2, -0.15) is 13.2 Å². The van der Waals surface area contributed by atoms with Crippen LogP contribution in [0.5, 0.6) is 5.75 Å². The van der Waals surface area contributed by atoms with Gasteiger partial charge in [0.2, 0.25) is 5.88 Å². The fourth-order valence-electron chi connectivity index (χ4n) is 3.76. The van der Waals surface area contributed by atoms with E-state index in [1.54, 1.807) is 12.1 Å². The lowest BCUT2D eigenvalue weighted by molar-refractivity contribution is -0.137. The average Bonchev–Trinajstić information content (AvgIpc) is 3.49. The number of hydrogen-bond donors (Lipinski definition) is 2. The molecule has 0 bridgehead atoms. The van der Waals surface area contributed by atoms with Gasteiger partial charge in [0.15, 0.2) is 11.5 Å². The van der Waals surface area contributed by atoms with Gasteiger partial charge in [-0.05, 0) is 54.1 Å². The van der Waals surface area contributed by atoms with Crippen molar-refractivity contribution in [3.63, 3.8) is 0 Å². The van der Waals surface area contributed by atoms with Crippen LogP contribution in [-0.4, -0.2) is 11.1 Å². The summed E-state index contributed by atoms with van der Waals surface area (Å²) in [7, 11) is 0. The number of aromatic hydroxyl groups is 1. The Bertz CT molecular complexity index is 1340. The first-order valence-corrected chi connectivity index (χ1v) is 10.3. The molecule has 4 aromatic rings. The molecule has 0 amide bonds. The van der Waals surface area contributed by atoms with Crippen molar-refractivity contribution >= 4 is 28.3 Å². The highest BCUT2D eigenvalue weighted by atomic mass is 35.5. The second-order valence-corrected chi connectivity index (χ2v) is 8.21. The highest BCUT2D eigenvalue weighted by Crippen LogP contribution is 2.50. The summed E-state index contributed by atoms with van der Waals surface area (Å²) in [5.74, 6) is -0.872. The van der Waals surface area contributed by atoms with E-state index in [0.29, 0.717) is 10.4 Å². The van der Waals surface area contributed by atoms with E-state index in [0.717, 1.165) is 25.0 Å². The van der Waals surface area contributed by atoms with Crippen molar-refractivity contribution in [1.29, 1.82) is 0 Å². The highest BCUT2D eigenvalue weighted by Gasteiger charge is 2.33. The molecule has 0 saturated heterocycles. The second-order valence-electron chi connectivity index (χ2n) is 7.77. The predicted octanol–water partition coefficient (Wildman–Crippen LogP) is 7.86. The molecule has 0 radical (unpaired) electrons. The van der Waals surface area contributed by atoms with Gasteiger partial charge >= 0.3 is 6.18 Å². The highest BCUT2D eigenvalue weighted by molar-refractivity contribution is 6.32. The van der Waals surface area contributed by atoms with E-state index in [2.05, 4.69) is 5.32 Å². The van der Waals surface area contributed by atoms with Crippen LogP contribution in [0.4, 0.5) is 23.4 Å². The molecular formula is C24H16ClF4NO2. The second kappa shape index (κ2) is 7.45. The number of nitrogens with one attached hydrogen (secondary N) is 1. The number of fused-ring (bicyclic) bond motifs is 1. The fourth-order valence-corrected chi connectivity index (χ4v) is 3.99. The van der Waals surface area contributed by atoms with Crippen molar-refractivity contribution < 1.29 is 27.1 Å². The van der Waals surface area contributed by atoms with Crippen LogP contribution in [0, 0.1) is 5.82 Å². The van der Waals surface area contributed by atoms with Gasteiger partial charge in [0.1, 0.15) is 5.82 Å². The van der Waals surface area contributed by atoms with Gasteiger partial charge in [-0.25, -0.2) is 4.39 Å². The van der Waals surface area contributed by atoms with Crippen LogP contribution in [0.3, 0.4) is 0 Å². The van der Waals surface area contributed by atoms with E-state index in [1.807, 2.05) is 0 Å². The summed E-state index contributed by atoms with van der Waals surface area (Å²) in [5.41, 5.74) is -0.432. The Kier molecular flexibility index (Phi) is 4.82. The molecule has 164 valence electrons. The van der Waals surface area contributed by atoms with Gasteiger partial charge in [-0.3, -0.25) is 0 Å². The molecule has 1 heterocycles. The number of halogens is 5. The molecule has 3 aromatic carbocycles. The minimum absolute atomic E-state index is 0.0711. The summed E-state index contributed by atoms with van der Waals surface area (Å²) < 4.78 is 60.5. The Hall–Kier alpha value is -3.19. The van der Waals surface area contributed by atoms with Gasteiger partial charge in [0.25, 0.3) is 0 Å². The van der Waals surface area contributed by atoms with E-state index in [4.69, 9.17) is 16.0 Å². The molecule has 32 heavy (non-hydrogen) atoms. The summed E-state index contributed by atoms with van der Waals surface area (Å²) in [5, 5.41) is 15.2. The minimum Gasteiger partial charge on any atom is -0.504 e. The zero-order valence-electron chi connectivity index (χ0n) is 16.4. The number of alkyl halides is 3. The number of rotatable bonds is 4. The number of anilines is 1. The molecule has 1 saturated carbocycles. The topological polar surface area (TPSA) is 45.4 Å². The van der Waals surface area contributed by atoms with Crippen molar-refractivity contribution in [3.8, 4) is 28.2 Å². The van der Waals surface area contributed by atoms with Crippen molar-refractivity contribution in [1.82, 2.24) is 0 Å². The zero-order chi connectivity index (χ0) is 22.6. The minimum atomic E-state index is -4.55. The quantitative estimate of drug-likeness (QED) is 0.304. The molecule has 0 atom stereocenters. The summed E-state index contributed by atoms with van der Waals surface area (Å²) >= 11 is 6.22. The predicted molar refractivity (Wildman–Crippen MR) is 115 cm³/mol. The summed E-state index contributed by atoms with van der Waals surface area (Å²) in [6.07, 6.45) is -2.81. The van der Waals surface area contributed by atoms with E-state index in [9.17, 15) is 22.7 Å². The smallest absolute Gasteiger partial charge is 0.416 e. The van der Waals surface area contributed by atoms with Crippen LogP contribution < -0.4 is 5.32 Å². The zero-order valence-corrected chi connectivity index (χ0v) is 17.2. The Morgan fingerprint density at radius 2 is 1.78 bits per heavy atom. The van der Waals surface area contributed by atoms with Crippen LogP contribution in [0.25, 0.3) is 33.2 Å². The third-order valence-corrected chi connectivity index (χ3v) is 5.63. The Morgan fingerprint density at radius 1 is 1.03 bits per heavy atom. The third-order valence-electron chi connectivity index (χ3n) is 5.41. The van der Waals surface area contributed by atoms with Crippen molar-refractivity contribution in [2.45, 2.75) is 25.1 Å². The lowest BCUT2D eigenvalue weighted by Gasteiger charge is -2.10. The lowest BCUT2D eigenvalue weighted by Crippen LogP contribution is -2.05. The SMILES string of the molecule is Oc1c(-c2cc(Cl)cc3cccc(F)c23)oc(NC2CC2)c1-c1cccc(C(F)(F)F)c1. The van der Waals surface area contributed by atoms with Gasteiger partial charge < -0.3 is 14.8 Å². The van der Waals surface area contributed by atoms with Crippen molar-refractivity contribution in [3.05, 3.63) is 71.0 Å². The molecule has 8 heteroatoms. The molecule has 1 aliphatic carbocycles. The van der Waals surface area contributed by atoms with Crippen LogP contribution in [-0.2, 0) is 6.18 Å². The van der Waals surface area contributed by atoms with Gasteiger partial charge in [-0.1, -0.05) is 35.9 Å². The summed E-state index contributed by atoms with van der Waals surface area (Å²) in [6, 6.07) is 12.2. The van der Waals surface area contributed by atoms with Crippen LogP contribution in [0.1, 0.15) is 18.4 Å². The molecule has 2 N–H and O–H groups in total. The molecule has 1 fully saturated rings. The Balaban J connectivity index is 1.75. The summed E-state index contributed by atoms with van der Waals surface area (Å²) in [6.45, 7) is 0. The summed E-state index contributed by atoms with van der Waals surface area (Å²) in [4.78, 5) is 0. The Morgan fingerprint density at radius 3 is 2.50 bits per heavy atom. The first kappa shape index (κ1) is 20.7. The maximum absolute atomic E-state index is 14.7. The third kappa shape index (κ3) is 3.66. The van der Waals surface area contributed by atoms with Crippen LogP contribution >= 0.6 is 11.6 Å². The van der Waals surface area contributed by atoms with Crippen LogP contribution in [0.15, 0.2) is 59.0 Å². The number of furan rings is 1. The average molecular weight is 462 g/mol. The maximum atomic E-state index is 14.7.